The Morgan fingerprint density at radius 3 is 2.50 bits per heavy atom. The number of benzene rings is 1. The van der Waals surface area contributed by atoms with E-state index in [1.807, 2.05) is 0 Å². The molecule has 0 saturated carbocycles. The summed E-state index contributed by atoms with van der Waals surface area (Å²) in [4.78, 5) is 4.35. The van der Waals surface area contributed by atoms with Gasteiger partial charge in [0, 0.05) is 12.6 Å². The Morgan fingerprint density at radius 1 is 1.14 bits per heavy atom. The fraction of sp³-hybridized carbons (Fsp3) is 0.200. The minimum Gasteiger partial charge on any atom is -0.493 e. The van der Waals surface area contributed by atoms with E-state index in [0.29, 0.717) is 29.2 Å². The predicted molar refractivity (Wildman–Crippen MR) is 73.8 cm³/mol. The maximum absolute atomic E-state index is 12.5. The number of fused-ring (bicyclic) bond motifs is 1. The van der Waals surface area contributed by atoms with Crippen molar-refractivity contribution in [1.29, 1.82) is 0 Å². The van der Waals surface area contributed by atoms with Crippen molar-refractivity contribution in [3.05, 3.63) is 59.5 Å². The Kier molecular flexibility index (Phi) is 3.48. The maximum atomic E-state index is 12.5. The third-order valence-electron chi connectivity index (χ3n) is 3.23. The molecule has 0 aliphatic carbocycles. The molecule has 0 fully saturated rings. The highest BCUT2D eigenvalue weighted by molar-refractivity contribution is 5.52. The molecule has 7 heteroatoms. The molecule has 3 rings (SSSR count). The standard InChI is InChI=1S/C15H12F3N3O/c1-22-12-3-2-8-21-14(12)19-13(20-21)9-10-4-6-11(7-5-10)15(16,17)18/h2-8H,9H2,1H3. The Labute approximate surface area is 124 Å². The molecule has 0 amide bonds. The van der Waals surface area contributed by atoms with Gasteiger partial charge in [0.15, 0.2) is 17.2 Å². The fourth-order valence-corrected chi connectivity index (χ4v) is 2.15. The number of pyridine rings is 1. The lowest BCUT2D eigenvalue weighted by molar-refractivity contribution is -0.137. The molecule has 0 aliphatic heterocycles. The average Bonchev–Trinajstić information content (AvgIpc) is 2.89. The van der Waals surface area contributed by atoms with Crippen molar-refractivity contribution in [3.63, 3.8) is 0 Å². The molecular weight excluding hydrogens is 295 g/mol. The molecule has 0 saturated heterocycles. The van der Waals surface area contributed by atoms with E-state index in [1.54, 1.807) is 30.0 Å². The molecule has 0 bridgehead atoms. The number of hydrogen-bond acceptors (Lipinski definition) is 3. The summed E-state index contributed by atoms with van der Waals surface area (Å²) < 4.78 is 44.4. The highest BCUT2D eigenvalue weighted by Gasteiger charge is 2.29. The van der Waals surface area contributed by atoms with E-state index in [-0.39, 0.29) is 0 Å². The lowest BCUT2D eigenvalue weighted by Crippen LogP contribution is -2.04. The zero-order chi connectivity index (χ0) is 15.7. The summed E-state index contributed by atoms with van der Waals surface area (Å²) in [5, 5.41) is 4.29. The average molecular weight is 307 g/mol. The van der Waals surface area contributed by atoms with Gasteiger partial charge in [-0.2, -0.15) is 18.3 Å². The maximum Gasteiger partial charge on any atom is 0.416 e. The number of aromatic nitrogens is 3. The van der Waals surface area contributed by atoms with E-state index >= 15 is 0 Å². The molecule has 2 aromatic heterocycles. The van der Waals surface area contributed by atoms with Crippen LogP contribution in [0.25, 0.3) is 5.65 Å². The van der Waals surface area contributed by atoms with Crippen LogP contribution in [-0.4, -0.2) is 21.7 Å². The van der Waals surface area contributed by atoms with Gasteiger partial charge in [-0.05, 0) is 29.8 Å². The van der Waals surface area contributed by atoms with Crippen molar-refractivity contribution in [3.8, 4) is 5.75 Å². The Hall–Kier alpha value is -2.57. The van der Waals surface area contributed by atoms with Crippen LogP contribution in [-0.2, 0) is 12.6 Å². The Bertz CT molecular complexity index is 794. The zero-order valence-electron chi connectivity index (χ0n) is 11.6. The quantitative estimate of drug-likeness (QED) is 0.745. The number of halogens is 3. The van der Waals surface area contributed by atoms with Crippen LogP contribution in [0.4, 0.5) is 13.2 Å². The zero-order valence-corrected chi connectivity index (χ0v) is 11.6. The second-order valence-corrected chi connectivity index (χ2v) is 4.74. The minimum atomic E-state index is -4.33. The number of hydrogen-bond donors (Lipinski definition) is 0. The summed E-state index contributed by atoms with van der Waals surface area (Å²) in [6, 6.07) is 8.54. The van der Waals surface area contributed by atoms with E-state index in [4.69, 9.17) is 4.74 Å². The van der Waals surface area contributed by atoms with E-state index in [2.05, 4.69) is 10.1 Å². The van der Waals surface area contributed by atoms with Gasteiger partial charge >= 0.3 is 6.18 Å². The van der Waals surface area contributed by atoms with Crippen molar-refractivity contribution in [2.24, 2.45) is 0 Å². The van der Waals surface area contributed by atoms with Gasteiger partial charge in [0.2, 0.25) is 0 Å². The van der Waals surface area contributed by atoms with Gasteiger partial charge in [-0.25, -0.2) is 9.50 Å². The van der Waals surface area contributed by atoms with Crippen LogP contribution in [0.15, 0.2) is 42.6 Å². The van der Waals surface area contributed by atoms with E-state index in [0.717, 1.165) is 12.1 Å². The summed E-state index contributed by atoms with van der Waals surface area (Å²) in [5.41, 5.74) is 0.621. The molecule has 0 N–H and O–H groups in total. The van der Waals surface area contributed by atoms with E-state index in [1.165, 1.54) is 12.1 Å². The molecular formula is C15H12F3N3O. The van der Waals surface area contributed by atoms with Crippen LogP contribution in [0.1, 0.15) is 17.0 Å². The first-order valence-electron chi connectivity index (χ1n) is 6.52. The first-order chi connectivity index (χ1) is 10.5. The first kappa shape index (κ1) is 14.4. The highest BCUT2D eigenvalue weighted by atomic mass is 19.4. The molecule has 0 spiro atoms. The lowest BCUT2D eigenvalue weighted by atomic mass is 10.1. The van der Waals surface area contributed by atoms with Crippen molar-refractivity contribution in [2.75, 3.05) is 7.11 Å². The Morgan fingerprint density at radius 2 is 1.86 bits per heavy atom. The van der Waals surface area contributed by atoms with Crippen LogP contribution >= 0.6 is 0 Å². The van der Waals surface area contributed by atoms with Crippen molar-refractivity contribution >= 4 is 5.65 Å². The first-order valence-corrected chi connectivity index (χ1v) is 6.52. The summed E-state index contributed by atoms with van der Waals surface area (Å²) in [6.45, 7) is 0. The van der Waals surface area contributed by atoms with Gasteiger partial charge in [-0.3, -0.25) is 0 Å². The number of methoxy groups -OCH3 is 1. The van der Waals surface area contributed by atoms with Crippen LogP contribution < -0.4 is 4.74 Å². The van der Waals surface area contributed by atoms with Crippen molar-refractivity contribution in [1.82, 2.24) is 14.6 Å². The van der Waals surface area contributed by atoms with Gasteiger partial charge in [0.1, 0.15) is 0 Å². The smallest absolute Gasteiger partial charge is 0.416 e. The van der Waals surface area contributed by atoms with Crippen LogP contribution in [0.2, 0.25) is 0 Å². The molecule has 3 aromatic rings. The largest absolute Gasteiger partial charge is 0.493 e. The molecule has 0 radical (unpaired) electrons. The van der Waals surface area contributed by atoms with E-state index < -0.39 is 11.7 Å². The number of rotatable bonds is 3. The Balaban J connectivity index is 1.87. The number of alkyl halides is 3. The van der Waals surface area contributed by atoms with Crippen molar-refractivity contribution in [2.45, 2.75) is 12.6 Å². The third-order valence-corrected chi connectivity index (χ3v) is 3.23. The normalized spacial score (nSPS) is 11.8. The minimum absolute atomic E-state index is 0.350. The molecule has 2 heterocycles. The second kappa shape index (κ2) is 5.32. The molecule has 0 aliphatic rings. The predicted octanol–water partition coefficient (Wildman–Crippen LogP) is 3.35. The molecule has 1 aromatic carbocycles. The van der Waals surface area contributed by atoms with Gasteiger partial charge in [-0.1, -0.05) is 12.1 Å². The fourth-order valence-electron chi connectivity index (χ4n) is 2.15. The van der Waals surface area contributed by atoms with Crippen LogP contribution in [0, 0.1) is 0 Å². The summed E-state index contributed by atoms with van der Waals surface area (Å²) >= 11 is 0. The second-order valence-electron chi connectivity index (χ2n) is 4.74. The molecule has 22 heavy (non-hydrogen) atoms. The molecule has 4 nitrogen and oxygen atoms in total. The molecule has 0 unspecified atom stereocenters. The van der Waals surface area contributed by atoms with Crippen LogP contribution in [0.3, 0.4) is 0 Å². The van der Waals surface area contributed by atoms with Gasteiger partial charge < -0.3 is 4.74 Å². The van der Waals surface area contributed by atoms with Crippen molar-refractivity contribution < 1.29 is 17.9 Å². The number of ether oxygens (including phenoxy) is 1. The SMILES string of the molecule is COc1cccn2nc(Cc3ccc(C(F)(F)F)cc3)nc12. The molecule has 0 atom stereocenters. The topological polar surface area (TPSA) is 39.4 Å². The monoisotopic (exact) mass is 307 g/mol. The van der Waals surface area contributed by atoms with Gasteiger partial charge in [-0.15, -0.1) is 0 Å². The number of nitrogens with zero attached hydrogens (tertiary/aromatic N) is 3. The highest BCUT2D eigenvalue weighted by Crippen LogP contribution is 2.29. The van der Waals surface area contributed by atoms with Crippen LogP contribution in [0.5, 0.6) is 5.75 Å². The van der Waals surface area contributed by atoms with Gasteiger partial charge in [0.05, 0.1) is 12.7 Å². The third kappa shape index (κ3) is 2.74. The van der Waals surface area contributed by atoms with Gasteiger partial charge in [0.25, 0.3) is 0 Å². The molecule has 114 valence electrons. The summed E-state index contributed by atoms with van der Waals surface area (Å²) in [6.07, 6.45) is -2.24. The summed E-state index contributed by atoms with van der Waals surface area (Å²) in [7, 11) is 1.54. The summed E-state index contributed by atoms with van der Waals surface area (Å²) in [5.74, 6) is 1.11. The van der Waals surface area contributed by atoms with E-state index in [9.17, 15) is 13.2 Å². The lowest BCUT2D eigenvalue weighted by Gasteiger charge is -2.06.